The van der Waals surface area contributed by atoms with E-state index in [0.717, 1.165) is 51.6 Å². The van der Waals surface area contributed by atoms with E-state index >= 15 is 0 Å². The van der Waals surface area contributed by atoms with E-state index in [0.29, 0.717) is 0 Å². The zero-order valence-corrected chi connectivity index (χ0v) is 16.1. The monoisotopic (exact) mass is 368 g/mol. The molecule has 0 amide bonds. The molecule has 0 fully saturated rings. The van der Waals surface area contributed by atoms with E-state index < -0.39 is 0 Å². The molecule has 0 radical (unpaired) electrons. The normalized spacial score (nSPS) is 13.4. The fourth-order valence-electron chi connectivity index (χ4n) is 3.23. The standard InChI is InChI=1S/C20H20N2OS2/c1-12(2)11-24-20-21-18-17(15-5-4-6-16(15)25-18)19(23)22(20)14-9-7-13(3)8-10-14/h7-10H,1,4-6,11H2,2-3H3. The molecular formula is C20H20N2OS2. The first-order valence-electron chi connectivity index (χ1n) is 8.46. The summed E-state index contributed by atoms with van der Waals surface area (Å²) < 4.78 is 1.78. The molecule has 0 N–H and O–H groups in total. The number of rotatable bonds is 4. The summed E-state index contributed by atoms with van der Waals surface area (Å²) in [6.45, 7) is 8.03. The number of nitrogens with zero attached hydrogens (tertiary/aromatic N) is 2. The summed E-state index contributed by atoms with van der Waals surface area (Å²) in [6, 6.07) is 8.08. The van der Waals surface area contributed by atoms with Crippen LogP contribution in [-0.2, 0) is 12.8 Å². The van der Waals surface area contributed by atoms with Crippen molar-refractivity contribution in [3.8, 4) is 5.69 Å². The predicted octanol–water partition coefficient (Wildman–Crippen LogP) is 4.91. The summed E-state index contributed by atoms with van der Waals surface area (Å²) in [5.74, 6) is 0.759. The Morgan fingerprint density at radius 1 is 1.32 bits per heavy atom. The highest BCUT2D eigenvalue weighted by Gasteiger charge is 2.23. The van der Waals surface area contributed by atoms with Crippen LogP contribution in [0.25, 0.3) is 15.9 Å². The van der Waals surface area contributed by atoms with Crippen molar-refractivity contribution in [2.24, 2.45) is 0 Å². The molecule has 2 heterocycles. The van der Waals surface area contributed by atoms with Gasteiger partial charge in [0.1, 0.15) is 4.83 Å². The highest BCUT2D eigenvalue weighted by atomic mass is 32.2. The van der Waals surface area contributed by atoms with Crippen molar-refractivity contribution >= 4 is 33.3 Å². The zero-order valence-electron chi connectivity index (χ0n) is 14.5. The third-order valence-electron chi connectivity index (χ3n) is 4.45. The van der Waals surface area contributed by atoms with Gasteiger partial charge in [0.25, 0.3) is 5.56 Å². The highest BCUT2D eigenvalue weighted by Crippen LogP contribution is 2.36. The Hall–Kier alpha value is -1.85. The van der Waals surface area contributed by atoms with Crippen LogP contribution >= 0.6 is 23.1 Å². The lowest BCUT2D eigenvalue weighted by molar-refractivity contribution is 0.820. The van der Waals surface area contributed by atoms with Gasteiger partial charge in [0.05, 0.1) is 11.1 Å². The maximum Gasteiger partial charge on any atom is 0.267 e. The molecule has 1 aliphatic carbocycles. The molecule has 4 rings (SSSR count). The molecule has 1 aromatic carbocycles. The Balaban J connectivity index is 1.97. The van der Waals surface area contributed by atoms with E-state index in [4.69, 9.17) is 4.98 Å². The van der Waals surface area contributed by atoms with E-state index in [1.165, 1.54) is 16.0 Å². The van der Waals surface area contributed by atoms with Gasteiger partial charge in [-0.15, -0.1) is 11.3 Å². The summed E-state index contributed by atoms with van der Waals surface area (Å²) in [5, 5.41) is 1.59. The number of hydrogen-bond donors (Lipinski definition) is 0. The van der Waals surface area contributed by atoms with E-state index in [-0.39, 0.29) is 5.56 Å². The van der Waals surface area contributed by atoms with Crippen molar-refractivity contribution in [2.45, 2.75) is 38.3 Å². The molecule has 0 unspecified atom stereocenters. The summed E-state index contributed by atoms with van der Waals surface area (Å²) in [5.41, 5.74) is 4.43. The Bertz CT molecular complexity index is 1030. The van der Waals surface area contributed by atoms with Gasteiger partial charge in [-0.05, 0) is 50.8 Å². The van der Waals surface area contributed by atoms with Gasteiger partial charge in [0.15, 0.2) is 5.16 Å². The third kappa shape index (κ3) is 2.96. The number of fused-ring (bicyclic) bond motifs is 3. The highest BCUT2D eigenvalue weighted by molar-refractivity contribution is 7.99. The van der Waals surface area contributed by atoms with Crippen LogP contribution in [-0.4, -0.2) is 15.3 Å². The molecule has 0 aliphatic heterocycles. The van der Waals surface area contributed by atoms with Gasteiger partial charge in [-0.3, -0.25) is 9.36 Å². The molecule has 3 aromatic rings. The molecule has 0 saturated heterocycles. The number of aromatic nitrogens is 2. The summed E-state index contributed by atoms with van der Waals surface area (Å²) >= 11 is 3.28. The van der Waals surface area contributed by atoms with Crippen molar-refractivity contribution in [1.29, 1.82) is 0 Å². The maximum absolute atomic E-state index is 13.4. The van der Waals surface area contributed by atoms with Crippen molar-refractivity contribution < 1.29 is 0 Å². The summed E-state index contributed by atoms with van der Waals surface area (Å²) in [6.07, 6.45) is 3.22. The number of thioether (sulfide) groups is 1. The van der Waals surface area contributed by atoms with E-state index in [1.807, 2.05) is 31.2 Å². The first-order chi connectivity index (χ1) is 12.0. The number of thiophene rings is 1. The van der Waals surface area contributed by atoms with Gasteiger partial charge in [-0.2, -0.15) is 0 Å². The number of aryl methyl sites for hydroxylation is 3. The van der Waals surface area contributed by atoms with Gasteiger partial charge in [-0.25, -0.2) is 4.98 Å². The van der Waals surface area contributed by atoms with Crippen molar-refractivity contribution in [3.05, 3.63) is 62.8 Å². The quantitative estimate of drug-likeness (QED) is 0.373. The fourth-order valence-corrected chi connectivity index (χ4v) is 5.39. The summed E-state index contributed by atoms with van der Waals surface area (Å²) in [7, 11) is 0. The lowest BCUT2D eigenvalue weighted by Crippen LogP contribution is -2.22. The molecule has 5 heteroatoms. The molecule has 0 bridgehead atoms. The van der Waals surface area contributed by atoms with Crippen LogP contribution in [0, 0.1) is 6.92 Å². The topological polar surface area (TPSA) is 34.9 Å². The maximum atomic E-state index is 13.4. The predicted molar refractivity (Wildman–Crippen MR) is 108 cm³/mol. The van der Waals surface area contributed by atoms with Crippen molar-refractivity contribution in [2.75, 3.05) is 5.75 Å². The SMILES string of the molecule is C=C(C)CSc1nc2sc3c(c2c(=O)n1-c1ccc(C)cc1)CCC3. The van der Waals surface area contributed by atoms with E-state index in [2.05, 4.69) is 13.5 Å². The van der Waals surface area contributed by atoms with Crippen LogP contribution in [0.2, 0.25) is 0 Å². The second-order valence-corrected chi connectivity index (χ2v) is 8.68. The number of benzene rings is 1. The lowest BCUT2D eigenvalue weighted by atomic mass is 10.2. The van der Waals surface area contributed by atoms with Crippen LogP contribution in [0.1, 0.15) is 29.3 Å². The van der Waals surface area contributed by atoms with Gasteiger partial charge in [-0.1, -0.05) is 41.6 Å². The molecule has 0 saturated carbocycles. The minimum absolute atomic E-state index is 0.0671. The molecule has 25 heavy (non-hydrogen) atoms. The van der Waals surface area contributed by atoms with Gasteiger partial charge in [0.2, 0.25) is 0 Å². The first-order valence-corrected chi connectivity index (χ1v) is 10.3. The van der Waals surface area contributed by atoms with Crippen molar-refractivity contribution in [3.63, 3.8) is 0 Å². The molecular weight excluding hydrogens is 348 g/mol. The zero-order chi connectivity index (χ0) is 17.6. The first kappa shape index (κ1) is 16.6. The van der Waals surface area contributed by atoms with Crippen LogP contribution in [0.3, 0.4) is 0 Å². The second-order valence-electron chi connectivity index (χ2n) is 6.65. The second kappa shape index (κ2) is 6.46. The molecule has 0 spiro atoms. The van der Waals surface area contributed by atoms with Crippen LogP contribution in [0.15, 0.2) is 46.4 Å². The third-order valence-corrected chi connectivity index (χ3v) is 6.80. The molecule has 0 atom stereocenters. The Labute approximate surface area is 155 Å². The lowest BCUT2D eigenvalue weighted by Gasteiger charge is -2.12. The van der Waals surface area contributed by atoms with Crippen LogP contribution in [0.4, 0.5) is 0 Å². The largest absolute Gasteiger partial charge is 0.268 e. The van der Waals surface area contributed by atoms with Crippen LogP contribution in [0.5, 0.6) is 0 Å². The minimum atomic E-state index is 0.0671. The fraction of sp³-hybridized carbons (Fsp3) is 0.300. The van der Waals surface area contributed by atoms with Crippen molar-refractivity contribution in [1.82, 2.24) is 9.55 Å². The van der Waals surface area contributed by atoms with E-state index in [9.17, 15) is 4.79 Å². The molecule has 2 aromatic heterocycles. The summed E-state index contributed by atoms with van der Waals surface area (Å²) in [4.78, 5) is 20.5. The van der Waals surface area contributed by atoms with Crippen LogP contribution < -0.4 is 5.56 Å². The Morgan fingerprint density at radius 3 is 2.80 bits per heavy atom. The number of hydrogen-bond acceptors (Lipinski definition) is 4. The molecule has 128 valence electrons. The molecule has 1 aliphatic rings. The van der Waals surface area contributed by atoms with Gasteiger partial charge in [0, 0.05) is 10.6 Å². The average Bonchev–Trinajstić information content (AvgIpc) is 3.14. The van der Waals surface area contributed by atoms with Gasteiger partial charge < -0.3 is 0 Å². The smallest absolute Gasteiger partial charge is 0.267 e. The van der Waals surface area contributed by atoms with E-state index in [1.54, 1.807) is 27.7 Å². The molecule has 3 nitrogen and oxygen atoms in total. The Morgan fingerprint density at radius 2 is 2.08 bits per heavy atom. The minimum Gasteiger partial charge on any atom is -0.268 e. The Kier molecular flexibility index (Phi) is 4.29. The average molecular weight is 369 g/mol. The van der Waals surface area contributed by atoms with Gasteiger partial charge >= 0.3 is 0 Å².